The highest BCUT2D eigenvalue weighted by Gasteiger charge is 2.00. The molecule has 1 aromatic carbocycles. The van der Waals surface area contributed by atoms with Gasteiger partial charge in [-0.3, -0.25) is 4.79 Å². The molecule has 0 bridgehead atoms. The highest BCUT2D eigenvalue weighted by atomic mass is 16.5. The summed E-state index contributed by atoms with van der Waals surface area (Å²) in [6.45, 7) is 5.68. The summed E-state index contributed by atoms with van der Waals surface area (Å²) in [5.74, 6) is 0.834. The first-order valence-electron chi connectivity index (χ1n) is 4.29. The Kier molecular flexibility index (Phi) is 3.07. The Labute approximate surface area is 78.5 Å². The summed E-state index contributed by atoms with van der Waals surface area (Å²) in [7, 11) is 0. The van der Waals surface area contributed by atoms with Crippen LogP contribution in [0.4, 0.5) is 0 Å². The van der Waals surface area contributed by atoms with Gasteiger partial charge in [-0.2, -0.15) is 0 Å². The predicted octanol–water partition coefficient (Wildman–Crippen LogP) is 2.27. The van der Waals surface area contributed by atoms with Crippen molar-refractivity contribution < 1.29 is 9.53 Å². The molecule has 0 spiro atoms. The molecule has 1 rings (SSSR count). The SMILES string of the molecule is CC(=O)COc1ccc(C)cc1C. The third-order valence-corrected chi connectivity index (χ3v) is 1.76. The van der Waals surface area contributed by atoms with Gasteiger partial charge in [0.1, 0.15) is 12.4 Å². The fourth-order valence-corrected chi connectivity index (χ4v) is 1.14. The lowest BCUT2D eigenvalue weighted by atomic mass is 10.1. The van der Waals surface area contributed by atoms with Gasteiger partial charge in [-0.25, -0.2) is 0 Å². The minimum atomic E-state index is 0.0416. The van der Waals surface area contributed by atoms with Crippen LogP contribution in [0.15, 0.2) is 18.2 Å². The van der Waals surface area contributed by atoms with Gasteiger partial charge in [0, 0.05) is 0 Å². The van der Waals surface area contributed by atoms with Crippen LogP contribution < -0.4 is 4.74 Å². The van der Waals surface area contributed by atoms with Crippen molar-refractivity contribution in [3.63, 3.8) is 0 Å². The van der Waals surface area contributed by atoms with Crippen LogP contribution in [0.5, 0.6) is 5.75 Å². The zero-order valence-corrected chi connectivity index (χ0v) is 8.26. The third kappa shape index (κ3) is 2.90. The molecule has 1 aromatic rings. The van der Waals surface area contributed by atoms with Gasteiger partial charge in [0.2, 0.25) is 0 Å². The Morgan fingerprint density at radius 1 is 1.38 bits per heavy atom. The number of rotatable bonds is 3. The van der Waals surface area contributed by atoms with Crippen LogP contribution >= 0.6 is 0 Å². The molecule has 0 N–H and O–H groups in total. The molecule has 0 amide bonds. The topological polar surface area (TPSA) is 26.3 Å². The number of aryl methyl sites for hydroxylation is 2. The normalized spacial score (nSPS) is 9.77. The van der Waals surface area contributed by atoms with Crippen LogP contribution in [-0.4, -0.2) is 12.4 Å². The first-order valence-corrected chi connectivity index (χ1v) is 4.29. The average Bonchev–Trinajstić information content (AvgIpc) is 2.02. The quantitative estimate of drug-likeness (QED) is 0.709. The highest BCUT2D eigenvalue weighted by Crippen LogP contribution is 2.18. The van der Waals surface area contributed by atoms with Crippen LogP contribution in [0.2, 0.25) is 0 Å². The molecule has 0 unspecified atom stereocenters. The largest absolute Gasteiger partial charge is 0.486 e. The first-order chi connectivity index (χ1) is 6.09. The van der Waals surface area contributed by atoms with Crippen molar-refractivity contribution in [2.24, 2.45) is 0 Å². The van der Waals surface area contributed by atoms with E-state index in [0.29, 0.717) is 0 Å². The molecular weight excluding hydrogens is 164 g/mol. The Balaban J connectivity index is 2.72. The maximum atomic E-state index is 10.7. The molecule has 0 aliphatic rings. The van der Waals surface area contributed by atoms with Gasteiger partial charge in [-0.1, -0.05) is 17.7 Å². The van der Waals surface area contributed by atoms with Gasteiger partial charge < -0.3 is 4.74 Å². The van der Waals surface area contributed by atoms with Crippen molar-refractivity contribution in [1.29, 1.82) is 0 Å². The van der Waals surface area contributed by atoms with Crippen LogP contribution in [0, 0.1) is 13.8 Å². The van der Waals surface area contributed by atoms with Gasteiger partial charge in [0.15, 0.2) is 5.78 Å². The molecule has 0 aliphatic carbocycles. The minimum absolute atomic E-state index is 0.0416. The molecule has 0 heterocycles. The molecule has 0 aromatic heterocycles. The van der Waals surface area contributed by atoms with Crippen LogP contribution in [0.25, 0.3) is 0 Å². The highest BCUT2D eigenvalue weighted by molar-refractivity contribution is 5.77. The maximum absolute atomic E-state index is 10.7. The summed E-state index contributed by atoms with van der Waals surface area (Å²) in [5.41, 5.74) is 2.27. The number of Topliss-reactive ketones (excluding diaryl/α,β-unsaturated/α-hetero) is 1. The standard InChI is InChI=1S/C11H14O2/c1-8-4-5-11(9(2)6-8)13-7-10(3)12/h4-6H,7H2,1-3H3. The van der Waals surface area contributed by atoms with Gasteiger partial charge in [-0.15, -0.1) is 0 Å². The number of hydrogen-bond donors (Lipinski definition) is 0. The number of carbonyl (C=O) groups is 1. The van der Waals surface area contributed by atoms with Gasteiger partial charge in [0.05, 0.1) is 0 Å². The Bertz CT molecular complexity index is 316. The second-order valence-electron chi connectivity index (χ2n) is 3.26. The zero-order chi connectivity index (χ0) is 9.84. The fraction of sp³-hybridized carbons (Fsp3) is 0.364. The second-order valence-corrected chi connectivity index (χ2v) is 3.26. The summed E-state index contributed by atoms with van der Waals surface area (Å²) in [6.07, 6.45) is 0. The summed E-state index contributed by atoms with van der Waals surface area (Å²) < 4.78 is 5.30. The molecule has 0 aliphatic heterocycles. The molecule has 2 heteroatoms. The molecule has 0 fully saturated rings. The van der Waals surface area contributed by atoms with Crippen molar-refractivity contribution in [2.75, 3.05) is 6.61 Å². The molecular formula is C11H14O2. The number of hydrogen-bond acceptors (Lipinski definition) is 2. The first kappa shape index (κ1) is 9.78. The molecule has 70 valence electrons. The van der Waals surface area contributed by atoms with E-state index in [-0.39, 0.29) is 12.4 Å². The smallest absolute Gasteiger partial charge is 0.167 e. The lowest BCUT2D eigenvalue weighted by Crippen LogP contribution is -2.07. The van der Waals surface area contributed by atoms with E-state index in [4.69, 9.17) is 4.74 Å². The number of ketones is 1. The van der Waals surface area contributed by atoms with Gasteiger partial charge >= 0.3 is 0 Å². The van der Waals surface area contributed by atoms with Gasteiger partial charge in [-0.05, 0) is 32.4 Å². The van der Waals surface area contributed by atoms with E-state index in [1.165, 1.54) is 12.5 Å². The van der Waals surface area contributed by atoms with Crippen LogP contribution in [-0.2, 0) is 4.79 Å². The van der Waals surface area contributed by atoms with Crippen LogP contribution in [0.3, 0.4) is 0 Å². The van der Waals surface area contributed by atoms with E-state index in [1.807, 2.05) is 32.0 Å². The van der Waals surface area contributed by atoms with E-state index in [0.717, 1.165) is 11.3 Å². The Hall–Kier alpha value is -1.31. The number of benzene rings is 1. The van der Waals surface area contributed by atoms with E-state index in [9.17, 15) is 4.79 Å². The summed E-state index contributed by atoms with van der Waals surface area (Å²) in [4.78, 5) is 10.7. The molecule has 0 atom stereocenters. The Morgan fingerprint density at radius 2 is 2.08 bits per heavy atom. The van der Waals surface area contributed by atoms with E-state index >= 15 is 0 Å². The van der Waals surface area contributed by atoms with Crippen molar-refractivity contribution in [2.45, 2.75) is 20.8 Å². The lowest BCUT2D eigenvalue weighted by molar-refractivity contribution is -0.118. The molecule has 13 heavy (non-hydrogen) atoms. The number of ether oxygens (including phenoxy) is 1. The monoisotopic (exact) mass is 178 g/mol. The molecule has 0 radical (unpaired) electrons. The predicted molar refractivity (Wildman–Crippen MR) is 52.1 cm³/mol. The summed E-state index contributed by atoms with van der Waals surface area (Å²) in [5, 5.41) is 0. The van der Waals surface area contributed by atoms with Crippen molar-refractivity contribution in [3.05, 3.63) is 29.3 Å². The van der Waals surface area contributed by atoms with Crippen LogP contribution in [0.1, 0.15) is 18.1 Å². The fourth-order valence-electron chi connectivity index (χ4n) is 1.14. The van der Waals surface area contributed by atoms with Crippen molar-refractivity contribution in [1.82, 2.24) is 0 Å². The average molecular weight is 178 g/mol. The molecule has 2 nitrogen and oxygen atoms in total. The molecule has 0 saturated heterocycles. The van der Waals surface area contributed by atoms with E-state index in [1.54, 1.807) is 0 Å². The van der Waals surface area contributed by atoms with Crippen molar-refractivity contribution in [3.8, 4) is 5.75 Å². The Morgan fingerprint density at radius 3 is 2.62 bits per heavy atom. The van der Waals surface area contributed by atoms with Gasteiger partial charge in [0.25, 0.3) is 0 Å². The lowest BCUT2D eigenvalue weighted by Gasteiger charge is -2.07. The van der Waals surface area contributed by atoms with E-state index in [2.05, 4.69) is 0 Å². The maximum Gasteiger partial charge on any atom is 0.167 e. The third-order valence-electron chi connectivity index (χ3n) is 1.76. The second kappa shape index (κ2) is 4.08. The summed E-state index contributed by atoms with van der Waals surface area (Å²) in [6, 6.07) is 5.91. The zero-order valence-electron chi connectivity index (χ0n) is 8.26. The number of carbonyl (C=O) groups excluding carboxylic acids is 1. The molecule has 0 saturated carbocycles. The minimum Gasteiger partial charge on any atom is -0.486 e. The van der Waals surface area contributed by atoms with Crippen molar-refractivity contribution >= 4 is 5.78 Å². The van der Waals surface area contributed by atoms with E-state index < -0.39 is 0 Å². The summed E-state index contributed by atoms with van der Waals surface area (Å²) >= 11 is 0.